The highest BCUT2D eigenvalue weighted by Crippen LogP contribution is 2.27. The molecule has 0 spiro atoms. The van der Waals surface area contributed by atoms with Crippen molar-refractivity contribution < 1.29 is 13.9 Å². The number of carbonyl (C=O) groups excluding carboxylic acids is 1. The van der Waals surface area contributed by atoms with Gasteiger partial charge in [-0.3, -0.25) is 9.69 Å². The van der Waals surface area contributed by atoms with E-state index in [4.69, 9.17) is 26.5 Å². The van der Waals surface area contributed by atoms with Gasteiger partial charge in [-0.15, -0.1) is 10.2 Å². The minimum absolute atomic E-state index is 0.0292. The number of halogens is 1. The van der Waals surface area contributed by atoms with Crippen molar-refractivity contribution >= 4 is 17.5 Å². The molecule has 0 unspecified atom stereocenters. The number of methoxy groups -OCH3 is 1. The van der Waals surface area contributed by atoms with Gasteiger partial charge in [0.15, 0.2) is 0 Å². The number of likely N-dealkylation sites (tertiary alicyclic amines) is 1. The molecule has 2 aromatic rings. The van der Waals surface area contributed by atoms with Crippen LogP contribution in [0.5, 0.6) is 0 Å². The molecule has 8 heteroatoms. The molecule has 2 heterocycles. The molecule has 7 nitrogen and oxygen atoms in total. The first kappa shape index (κ1) is 15.9. The lowest BCUT2D eigenvalue weighted by Crippen LogP contribution is -2.39. The lowest BCUT2D eigenvalue weighted by Gasteiger charge is -2.19. The van der Waals surface area contributed by atoms with Crippen molar-refractivity contribution in [2.24, 2.45) is 5.73 Å². The fraction of sp³-hybridized carbons (Fsp3) is 0.400. The van der Waals surface area contributed by atoms with Gasteiger partial charge in [0, 0.05) is 13.7 Å². The predicted molar refractivity (Wildman–Crippen MR) is 83.6 cm³/mol. The molecule has 1 aromatic heterocycles. The maximum Gasteiger partial charge on any atom is 0.249 e. The topological polar surface area (TPSA) is 94.5 Å². The quantitative estimate of drug-likeness (QED) is 0.888. The second-order valence-electron chi connectivity index (χ2n) is 5.42. The number of benzene rings is 1. The van der Waals surface area contributed by atoms with Crippen LogP contribution in [-0.4, -0.2) is 46.8 Å². The van der Waals surface area contributed by atoms with Crippen LogP contribution in [0.15, 0.2) is 28.7 Å². The van der Waals surface area contributed by atoms with E-state index in [2.05, 4.69) is 10.2 Å². The molecule has 2 atom stereocenters. The molecule has 1 aromatic carbocycles. The molecule has 0 radical (unpaired) electrons. The van der Waals surface area contributed by atoms with Gasteiger partial charge in [0.05, 0.1) is 29.3 Å². The third kappa shape index (κ3) is 3.36. The Kier molecular flexibility index (Phi) is 4.61. The van der Waals surface area contributed by atoms with Crippen molar-refractivity contribution in [3.63, 3.8) is 0 Å². The highest BCUT2D eigenvalue weighted by molar-refractivity contribution is 6.33. The van der Waals surface area contributed by atoms with Crippen LogP contribution in [0.4, 0.5) is 0 Å². The summed E-state index contributed by atoms with van der Waals surface area (Å²) >= 11 is 6.13. The highest BCUT2D eigenvalue weighted by Gasteiger charge is 2.36. The van der Waals surface area contributed by atoms with Gasteiger partial charge in [-0.1, -0.05) is 23.7 Å². The second-order valence-corrected chi connectivity index (χ2v) is 5.83. The Balaban J connectivity index is 1.76. The van der Waals surface area contributed by atoms with Crippen molar-refractivity contribution in [3.05, 3.63) is 35.2 Å². The number of carbonyl (C=O) groups is 1. The van der Waals surface area contributed by atoms with E-state index in [1.807, 2.05) is 23.1 Å². The minimum atomic E-state index is -0.393. The number of ether oxygens (including phenoxy) is 1. The molecule has 0 aliphatic carbocycles. The summed E-state index contributed by atoms with van der Waals surface area (Å²) in [5.41, 5.74) is 6.13. The number of primary amides is 1. The first-order valence-corrected chi connectivity index (χ1v) is 7.59. The van der Waals surface area contributed by atoms with Gasteiger partial charge in [-0.25, -0.2) is 0 Å². The number of nitrogens with zero attached hydrogens (tertiary/aromatic N) is 3. The Bertz CT molecular complexity index is 706. The molecule has 23 heavy (non-hydrogen) atoms. The lowest BCUT2D eigenvalue weighted by molar-refractivity contribution is -0.122. The van der Waals surface area contributed by atoms with Crippen LogP contribution in [-0.2, 0) is 16.1 Å². The first-order valence-electron chi connectivity index (χ1n) is 7.22. The largest absolute Gasteiger partial charge is 0.419 e. The van der Waals surface area contributed by atoms with Crippen LogP contribution < -0.4 is 5.73 Å². The van der Waals surface area contributed by atoms with Crippen LogP contribution in [0, 0.1) is 0 Å². The summed E-state index contributed by atoms with van der Waals surface area (Å²) in [6.45, 7) is 0.929. The van der Waals surface area contributed by atoms with E-state index in [1.165, 1.54) is 0 Å². The van der Waals surface area contributed by atoms with Gasteiger partial charge < -0.3 is 14.9 Å². The van der Waals surface area contributed by atoms with Gasteiger partial charge in [0.1, 0.15) is 0 Å². The molecule has 0 saturated carbocycles. The Morgan fingerprint density at radius 2 is 2.26 bits per heavy atom. The molecular weight excluding hydrogens is 320 g/mol. The van der Waals surface area contributed by atoms with Crippen LogP contribution in [0.25, 0.3) is 11.5 Å². The zero-order valence-corrected chi connectivity index (χ0v) is 13.4. The smallest absolute Gasteiger partial charge is 0.249 e. The number of aromatic nitrogens is 2. The molecule has 1 fully saturated rings. The summed E-state index contributed by atoms with van der Waals surface area (Å²) in [5, 5.41) is 8.60. The third-order valence-electron chi connectivity index (χ3n) is 3.94. The maximum absolute atomic E-state index is 11.6. The van der Waals surface area contributed by atoms with Gasteiger partial charge in [0.25, 0.3) is 0 Å². The summed E-state index contributed by atoms with van der Waals surface area (Å²) in [4.78, 5) is 13.5. The average molecular weight is 337 g/mol. The number of hydrogen-bond donors (Lipinski definition) is 1. The predicted octanol–water partition coefficient (Wildman–Crippen LogP) is 1.46. The van der Waals surface area contributed by atoms with Gasteiger partial charge in [-0.05, 0) is 18.6 Å². The SMILES string of the molecule is CO[C@H]1C[C@@H](C(N)=O)N(Cc2nnc(-c3ccccc3Cl)o2)C1. The molecule has 1 aliphatic heterocycles. The first-order chi connectivity index (χ1) is 11.1. The molecule has 1 amide bonds. The van der Waals surface area contributed by atoms with E-state index >= 15 is 0 Å². The van der Waals surface area contributed by atoms with E-state index in [9.17, 15) is 4.79 Å². The summed E-state index contributed by atoms with van der Waals surface area (Å²) in [5.74, 6) is 0.377. The minimum Gasteiger partial charge on any atom is -0.419 e. The van der Waals surface area contributed by atoms with E-state index in [1.54, 1.807) is 13.2 Å². The molecule has 122 valence electrons. The molecule has 0 bridgehead atoms. The zero-order valence-electron chi connectivity index (χ0n) is 12.6. The standard InChI is InChI=1S/C15H17ClN4O3/c1-22-9-6-12(14(17)21)20(7-9)8-13-18-19-15(23-13)10-4-2-3-5-11(10)16/h2-5,9,12H,6-8H2,1H3,(H2,17,21)/t9-,12-/m0/s1. The van der Waals surface area contributed by atoms with Crippen LogP contribution in [0.2, 0.25) is 5.02 Å². The maximum atomic E-state index is 11.6. The van der Waals surface area contributed by atoms with Gasteiger partial charge >= 0.3 is 0 Å². The average Bonchev–Trinajstić information content (AvgIpc) is 3.15. The van der Waals surface area contributed by atoms with E-state index in [0.29, 0.717) is 41.9 Å². The fourth-order valence-corrected chi connectivity index (χ4v) is 2.95. The second kappa shape index (κ2) is 6.66. The normalized spacial score (nSPS) is 21.7. The Morgan fingerprint density at radius 1 is 1.48 bits per heavy atom. The zero-order chi connectivity index (χ0) is 16.4. The van der Waals surface area contributed by atoms with Crippen molar-refractivity contribution in [1.82, 2.24) is 15.1 Å². The summed E-state index contributed by atoms with van der Waals surface area (Å²) in [7, 11) is 1.62. The molecule has 2 N–H and O–H groups in total. The molecule has 1 saturated heterocycles. The summed E-state index contributed by atoms with van der Waals surface area (Å²) in [6, 6.07) is 6.85. The summed E-state index contributed by atoms with van der Waals surface area (Å²) < 4.78 is 11.0. The number of rotatable bonds is 5. The van der Waals surface area contributed by atoms with Crippen LogP contribution in [0.1, 0.15) is 12.3 Å². The third-order valence-corrected chi connectivity index (χ3v) is 4.27. The Morgan fingerprint density at radius 3 is 2.96 bits per heavy atom. The highest BCUT2D eigenvalue weighted by atomic mass is 35.5. The van der Waals surface area contributed by atoms with Crippen LogP contribution >= 0.6 is 11.6 Å². The van der Waals surface area contributed by atoms with Gasteiger partial charge in [0.2, 0.25) is 17.7 Å². The Hall–Kier alpha value is -1.96. The number of nitrogens with two attached hydrogens (primary N) is 1. The van der Waals surface area contributed by atoms with Crippen molar-refractivity contribution in [2.45, 2.75) is 25.1 Å². The lowest BCUT2D eigenvalue weighted by atomic mass is 10.2. The van der Waals surface area contributed by atoms with Crippen LogP contribution in [0.3, 0.4) is 0 Å². The van der Waals surface area contributed by atoms with Crippen molar-refractivity contribution in [3.8, 4) is 11.5 Å². The molecular formula is C15H17ClN4O3. The fourth-order valence-electron chi connectivity index (χ4n) is 2.74. The monoisotopic (exact) mass is 336 g/mol. The van der Waals surface area contributed by atoms with E-state index < -0.39 is 6.04 Å². The number of hydrogen-bond acceptors (Lipinski definition) is 6. The summed E-state index contributed by atoms with van der Waals surface area (Å²) in [6.07, 6.45) is 0.538. The Labute approximate surface area is 138 Å². The number of amides is 1. The molecule has 3 rings (SSSR count). The van der Waals surface area contributed by atoms with Gasteiger partial charge in [-0.2, -0.15) is 0 Å². The van der Waals surface area contributed by atoms with Crippen molar-refractivity contribution in [1.29, 1.82) is 0 Å². The molecule has 1 aliphatic rings. The van der Waals surface area contributed by atoms with E-state index in [-0.39, 0.29) is 12.0 Å². The van der Waals surface area contributed by atoms with Crippen molar-refractivity contribution in [2.75, 3.05) is 13.7 Å². The van der Waals surface area contributed by atoms with E-state index in [0.717, 1.165) is 0 Å².